The van der Waals surface area contributed by atoms with Crippen molar-refractivity contribution >= 4 is 0 Å². The molecule has 4 unspecified atom stereocenters. The predicted octanol–water partition coefficient (Wildman–Crippen LogP) is 2.89. The van der Waals surface area contributed by atoms with Crippen LogP contribution in [0.15, 0.2) is 0 Å². The minimum Gasteiger partial charge on any atom is -0.390 e. The topological polar surface area (TPSA) is 29.5 Å². The number of ether oxygens (including phenoxy) is 1. The average Bonchev–Trinajstić information content (AvgIpc) is 2.22. The van der Waals surface area contributed by atoms with E-state index in [4.69, 9.17) is 4.74 Å². The molecular formula is C13H24O2. The molecule has 2 aliphatic rings. The maximum Gasteiger partial charge on any atom is 0.0837 e. The summed E-state index contributed by atoms with van der Waals surface area (Å²) in [4.78, 5) is 0. The van der Waals surface area contributed by atoms with E-state index in [1.807, 2.05) is 0 Å². The van der Waals surface area contributed by atoms with Gasteiger partial charge in [-0.15, -0.1) is 0 Å². The van der Waals surface area contributed by atoms with Crippen molar-refractivity contribution in [2.24, 2.45) is 5.92 Å². The van der Waals surface area contributed by atoms with Crippen LogP contribution in [0.5, 0.6) is 0 Å². The second-order valence-corrected chi connectivity index (χ2v) is 5.42. The molecule has 2 fully saturated rings. The molecule has 0 aliphatic heterocycles. The lowest BCUT2D eigenvalue weighted by Crippen LogP contribution is -2.37. The van der Waals surface area contributed by atoms with Crippen LogP contribution < -0.4 is 0 Å². The molecular weight excluding hydrogens is 188 g/mol. The van der Waals surface area contributed by atoms with E-state index >= 15 is 0 Å². The summed E-state index contributed by atoms with van der Waals surface area (Å²) >= 11 is 0. The third kappa shape index (κ3) is 3.18. The zero-order valence-electron chi connectivity index (χ0n) is 9.82. The first-order valence-corrected chi connectivity index (χ1v) is 6.59. The molecule has 15 heavy (non-hydrogen) atoms. The lowest BCUT2D eigenvalue weighted by Gasteiger charge is -2.34. The maximum atomic E-state index is 9.84. The predicted molar refractivity (Wildman–Crippen MR) is 60.8 cm³/mol. The number of hydrogen-bond donors (Lipinski definition) is 1. The minimum atomic E-state index is -0.198. The second kappa shape index (κ2) is 5.31. The number of rotatable bonds is 2. The molecule has 2 nitrogen and oxygen atoms in total. The van der Waals surface area contributed by atoms with Crippen LogP contribution in [-0.4, -0.2) is 23.4 Å². The van der Waals surface area contributed by atoms with Crippen LogP contribution in [0.2, 0.25) is 0 Å². The SMILES string of the molecule is CC1CCCC(OC2CCCCC2O)C1. The highest BCUT2D eigenvalue weighted by atomic mass is 16.5. The molecule has 4 atom stereocenters. The average molecular weight is 212 g/mol. The number of hydrogen-bond acceptors (Lipinski definition) is 2. The molecule has 0 aromatic heterocycles. The first kappa shape index (κ1) is 11.4. The van der Waals surface area contributed by atoms with Gasteiger partial charge in [0.05, 0.1) is 18.3 Å². The molecule has 2 heteroatoms. The van der Waals surface area contributed by atoms with Gasteiger partial charge in [-0.2, -0.15) is 0 Å². The maximum absolute atomic E-state index is 9.84. The van der Waals surface area contributed by atoms with Gasteiger partial charge in [-0.05, 0) is 31.6 Å². The summed E-state index contributed by atoms with van der Waals surface area (Å²) in [5, 5.41) is 9.84. The molecule has 2 saturated carbocycles. The number of aliphatic hydroxyl groups excluding tert-OH is 1. The van der Waals surface area contributed by atoms with Gasteiger partial charge in [-0.3, -0.25) is 0 Å². The van der Waals surface area contributed by atoms with Crippen molar-refractivity contribution in [2.75, 3.05) is 0 Å². The van der Waals surface area contributed by atoms with Gasteiger partial charge >= 0.3 is 0 Å². The fourth-order valence-corrected chi connectivity index (χ4v) is 2.99. The summed E-state index contributed by atoms with van der Waals surface area (Å²) in [6.45, 7) is 2.31. The molecule has 0 bridgehead atoms. The molecule has 88 valence electrons. The molecule has 0 radical (unpaired) electrons. The van der Waals surface area contributed by atoms with Crippen molar-refractivity contribution in [2.45, 2.75) is 76.6 Å². The molecule has 0 aromatic rings. The van der Waals surface area contributed by atoms with E-state index in [9.17, 15) is 5.11 Å². The van der Waals surface area contributed by atoms with Crippen molar-refractivity contribution in [1.29, 1.82) is 0 Å². The lowest BCUT2D eigenvalue weighted by molar-refractivity contribution is -0.107. The first-order valence-electron chi connectivity index (χ1n) is 6.59. The van der Waals surface area contributed by atoms with Crippen LogP contribution in [0.4, 0.5) is 0 Å². The minimum absolute atomic E-state index is 0.133. The van der Waals surface area contributed by atoms with Crippen LogP contribution in [0.1, 0.15) is 58.3 Å². The molecule has 2 aliphatic carbocycles. The Morgan fingerprint density at radius 2 is 1.80 bits per heavy atom. The molecule has 0 saturated heterocycles. The summed E-state index contributed by atoms with van der Waals surface area (Å²) in [6.07, 6.45) is 9.81. The molecule has 0 aromatic carbocycles. The van der Waals surface area contributed by atoms with Crippen molar-refractivity contribution in [3.63, 3.8) is 0 Å². The Balaban J connectivity index is 1.79. The van der Waals surface area contributed by atoms with Crippen LogP contribution in [0.3, 0.4) is 0 Å². The van der Waals surface area contributed by atoms with E-state index in [1.54, 1.807) is 0 Å². The van der Waals surface area contributed by atoms with Gasteiger partial charge in [-0.25, -0.2) is 0 Å². The van der Waals surface area contributed by atoms with Gasteiger partial charge in [-0.1, -0.05) is 32.6 Å². The smallest absolute Gasteiger partial charge is 0.0837 e. The Kier molecular flexibility index (Phi) is 4.04. The Morgan fingerprint density at radius 3 is 2.53 bits per heavy atom. The summed E-state index contributed by atoms with van der Waals surface area (Å²) in [5.41, 5.74) is 0. The highest BCUT2D eigenvalue weighted by molar-refractivity contribution is 4.78. The fourth-order valence-electron chi connectivity index (χ4n) is 2.99. The van der Waals surface area contributed by atoms with E-state index in [-0.39, 0.29) is 12.2 Å². The van der Waals surface area contributed by atoms with Crippen LogP contribution in [0, 0.1) is 5.92 Å². The summed E-state index contributed by atoms with van der Waals surface area (Å²) < 4.78 is 6.06. The quantitative estimate of drug-likeness (QED) is 0.762. The molecule has 0 heterocycles. The number of aliphatic hydroxyl groups is 1. The lowest BCUT2D eigenvalue weighted by atomic mass is 9.88. The normalized spacial score (nSPS) is 42.8. The van der Waals surface area contributed by atoms with E-state index in [1.165, 1.54) is 38.5 Å². The summed E-state index contributed by atoms with van der Waals surface area (Å²) in [7, 11) is 0. The van der Waals surface area contributed by atoms with Crippen LogP contribution in [-0.2, 0) is 4.74 Å². The summed E-state index contributed by atoms with van der Waals surface area (Å²) in [5.74, 6) is 0.810. The standard InChI is InChI=1S/C13H24O2/c1-10-5-4-6-11(9-10)15-13-8-3-2-7-12(13)14/h10-14H,2-9H2,1H3. The zero-order valence-corrected chi connectivity index (χ0v) is 9.82. The third-order valence-electron chi connectivity index (χ3n) is 3.92. The van der Waals surface area contributed by atoms with E-state index < -0.39 is 0 Å². The Labute approximate surface area is 93.0 Å². The Bertz CT molecular complexity index is 193. The zero-order chi connectivity index (χ0) is 10.7. The van der Waals surface area contributed by atoms with E-state index in [0.29, 0.717) is 6.10 Å². The van der Waals surface area contributed by atoms with Crippen molar-refractivity contribution < 1.29 is 9.84 Å². The van der Waals surface area contributed by atoms with E-state index in [2.05, 4.69) is 6.92 Å². The van der Waals surface area contributed by atoms with Crippen molar-refractivity contribution in [3.05, 3.63) is 0 Å². The Morgan fingerprint density at radius 1 is 1.00 bits per heavy atom. The molecule has 1 N–H and O–H groups in total. The van der Waals surface area contributed by atoms with Crippen LogP contribution in [0.25, 0.3) is 0 Å². The van der Waals surface area contributed by atoms with Gasteiger partial charge in [0.15, 0.2) is 0 Å². The van der Waals surface area contributed by atoms with Gasteiger partial charge in [0.25, 0.3) is 0 Å². The van der Waals surface area contributed by atoms with Gasteiger partial charge in [0, 0.05) is 0 Å². The fraction of sp³-hybridized carbons (Fsp3) is 1.00. The highest BCUT2D eigenvalue weighted by Gasteiger charge is 2.28. The van der Waals surface area contributed by atoms with Crippen LogP contribution >= 0.6 is 0 Å². The molecule has 0 amide bonds. The van der Waals surface area contributed by atoms with Crippen molar-refractivity contribution in [3.8, 4) is 0 Å². The van der Waals surface area contributed by atoms with Gasteiger partial charge in [0.2, 0.25) is 0 Å². The van der Waals surface area contributed by atoms with Gasteiger partial charge in [0.1, 0.15) is 0 Å². The van der Waals surface area contributed by atoms with E-state index in [0.717, 1.165) is 18.8 Å². The molecule has 2 rings (SSSR count). The second-order valence-electron chi connectivity index (χ2n) is 5.42. The van der Waals surface area contributed by atoms with Crippen molar-refractivity contribution in [1.82, 2.24) is 0 Å². The largest absolute Gasteiger partial charge is 0.390 e. The monoisotopic (exact) mass is 212 g/mol. The first-order chi connectivity index (χ1) is 7.25. The Hall–Kier alpha value is -0.0800. The van der Waals surface area contributed by atoms with Gasteiger partial charge < -0.3 is 9.84 Å². The highest BCUT2D eigenvalue weighted by Crippen LogP contribution is 2.30. The summed E-state index contributed by atoms with van der Waals surface area (Å²) in [6, 6.07) is 0. The molecule has 0 spiro atoms. The third-order valence-corrected chi connectivity index (χ3v) is 3.92.